The quantitative estimate of drug-likeness (QED) is 0.385. The number of thiophene rings is 1. The van der Waals surface area contributed by atoms with Crippen molar-refractivity contribution in [1.82, 2.24) is 19.7 Å². The average Bonchev–Trinajstić information content (AvgIpc) is 3.45. The molecule has 4 aromatic rings. The number of hydrogen-bond donors (Lipinski definition) is 0. The second-order valence-electron chi connectivity index (χ2n) is 8.69. The lowest BCUT2D eigenvalue weighted by Gasteiger charge is -2.35. The molecule has 1 fully saturated rings. The van der Waals surface area contributed by atoms with E-state index >= 15 is 0 Å². The van der Waals surface area contributed by atoms with Crippen LogP contribution in [0.3, 0.4) is 0 Å². The second kappa shape index (κ2) is 9.87. The molecule has 0 unspecified atom stereocenters. The highest BCUT2D eigenvalue weighted by atomic mass is 32.1. The van der Waals surface area contributed by atoms with E-state index in [-0.39, 0.29) is 12.5 Å². The number of carbonyl (C=O) groups excluding carboxylic acids is 2. The third kappa shape index (κ3) is 5.05. The molecule has 5 rings (SSSR count). The number of carbonyl (C=O) groups is 2. The fourth-order valence-electron chi connectivity index (χ4n) is 4.20. The zero-order chi connectivity index (χ0) is 24.4. The van der Waals surface area contributed by atoms with E-state index in [0.717, 1.165) is 27.3 Å². The van der Waals surface area contributed by atoms with Crippen LogP contribution in [0.25, 0.3) is 10.2 Å². The van der Waals surface area contributed by atoms with Crippen molar-refractivity contribution in [3.8, 4) is 0 Å². The van der Waals surface area contributed by atoms with Crippen LogP contribution in [0.15, 0.2) is 54.7 Å². The minimum Gasteiger partial charge on any atom is -0.451 e. The van der Waals surface area contributed by atoms with Crippen molar-refractivity contribution in [2.45, 2.75) is 20.4 Å². The number of anilines is 1. The van der Waals surface area contributed by atoms with Gasteiger partial charge in [-0.3, -0.25) is 9.48 Å². The van der Waals surface area contributed by atoms with E-state index in [2.05, 4.69) is 46.2 Å². The monoisotopic (exact) mass is 489 g/mol. The molecule has 0 radical (unpaired) electrons. The van der Waals surface area contributed by atoms with Gasteiger partial charge in [0.2, 0.25) is 0 Å². The van der Waals surface area contributed by atoms with Gasteiger partial charge < -0.3 is 14.5 Å². The van der Waals surface area contributed by atoms with Gasteiger partial charge in [-0.1, -0.05) is 35.9 Å². The first-order chi connectivity index (χ1) is 17.0. The van der Waals surface area contributed by atoms with Crippen molar-refractivity contribution in [2.24, 2.45) is 0 Å². The highest BCUT2D eigenvalue weighted by Crippen LogP contribution is 2.29. The molecule has 3 aromatic heterocycles. The Morgan fingerprint density at radius 3 is 2.51 bits per heavy atom. The van der Waals surface area contributed by atoms with Crippen LogP contribution in [0.4, 0.5) is 5.82 Å². The molecule has 0 saturated carbocycles. The minimum absolute atomic E-state index is 0.179. The van der Waals surface area contributed by atoms with Crippen molar-refractivity contribution in [3.63, 3.8) is 0 Å². The Balaban J connectivity index is 1.18. The number of esters is 1. The van der Waals surface area contributed by atoms with Crippen molar-refractivity contribution >= 4 is 39.2 Å². The first kappa shape index (κ1) is 23.0. The summed E-state index contributed by atoms with van der Waals surface area (Å²) in [6.45, 7) is 6.91. The van der Waals surface area contributed by atoms with Gasteiger partial charge in [0, 0.05) is 37.8 Å². The van der Waals surface area contributed by atoms with Crippen molar-refractivity contribution < 1.29 is 14.3 Å². The summed E-state index contributed by atoms with van der Waals surface area (Å²) in [5.74, 6) is 0.252. The maximum absolute atomic E-state index is 12.7. The van der Waals surface area contributed by atoms with Crippen LogP contribution in [-0.4, -0.2) is 64.3 Å². The van der Waals surface area contributed by atoms with Gasteiger partial charge in [-0.2, -0.15) is 5.10 Å². The molecule has 9 heteroatoms. The number of pyridine rings is 1. The fraction of sp³-hybridized carbons (Fsp3) is 0.308. The molecule has 8 nitrogen and oxygen atoms in total. The molecule has 4 heterocycles. The predicted molar refractivity (Wildman–Crippen MR) is 136 cm³/mol. The second-order valence-corrected chi connectivity index (χ2v) is 9.72. The highest BCUT2D eigenvalue weighted by molar-refractivity contribution is 7.20. The summed E-state index contributed by atoms with van der Waals surface area (Å²) in [7, 11) is 0. The average molecular weight is 490 g/mol. The molecule has 0 atom stereocenters. The van der Waals surface area contributed by atoms with Crippen molar-refractivity contribution in [1.29, 1.82) is 0 Å². The number of amides is 1. The van der Waals surface area contributed by atoms with E-state index < -0.39 is 5.97 Å². The molecule has 0 N–H and O–H groups in total. The van der Waals surface area contributed by atoms with E-state index in [0.29, 0.717) is 37.6 Å². The fourth-order valence-corrected chi connectivity index (χ4v) is 5.26. The molecule has 1 amide bonds. The molecule has 180 valence electrons. The Morgan fingerprint density at radius 2 is 1.80 bits per heavy atom. The number of aromatic nitrogens is 3. The molecule has 1 aromatic carbocycles. The lowest BCUT2D eigenvalue weighted by molar-refractivity contribution is -0.134. The summed E-state index contributed by atoms with van der Waals surface area (Å²) in [5, 5.41) is 5.57. The Hall–Kier alpha value is -3.72. The van der Waals surface area contributed by atoms with Crippen molar-refractivity contribution in [3.05, 3.63) is 76.4 Å². The standard InChI is InChI=1S/C26H27N5O3S/c1-18-6-8-20(9-7-18)16-31-25-21(19(2)28-31)15-22(35-25)26(33)34-17-24(32)30-13-11-29(12-14-30)23-5-3-4-10-27-23/h3-10,15H,11-14,16-17H2,1-2H3. The van der Waals surface area contributed by atoms with Gasteiger partial charge in [0.1, 0.15) is 15.5 Å². The molecular weight excluding hydrogens is 462 g/mol. The first-order valence-corrected chi connectivity index (χ1v) is 12.4. The van der Waals surface area contributed by atoms with Crippen LogP contribution in [0, 0.1) is 13.8 Å². The summed E-state index contributed by atoms with van der Waals surface area (Å²) in [6.07, 6.45) is 1.77. The largest absolute Gasteiger partial charge is 0.451 e. The van der Waals surface area contributed by atoms with Crippen LogP contribution in [0.5, 0.6) is 0 Å². The normalized spacial score (nSPS) is 13.9. The van der Waals surface area contributed by atoms with E-state index in [1.807, 2.05) is 35.9 Å². The number of benzene rings is 1. The minimum atomic E-state index is -0.479. The smallest absolute Gasteiger partial charge is 0.348 e. The molecule has 1 aliphatic rings. The number of aryl methyl sites for hydroxylation is 2. The number of hydrogen-bond acceptors (Lipinski definition) is 7. The number of piperazine rings is 1. The van der Waals surface area contributed by atoms with E-state index in [1.54, 1.807) is 11.1 Å². The zero-order valence-electron chi connectivity index (χ0n) is 19.8. The molecule has 0 bridgehead atoms. The number of rotatable bonds is 6. The Labute approximate surface area is 207 Å². The van der Waals surface area contributed by atoms with Crippen LogP contribution in [0.1, 0.15) is 26.5 Å². The SMILES string of the molecule is Cc1ccc(Cn2nc(C)c3cc(C(=O)OCC(=O)N4CCN(c5ccccn5)CC4)sc32)cc1. The lowest BCUT2D eigenvalue weighted by Crippen LogP contribution is -2.50. The maximum Gasteiger partial charge on any atom is 0.348 e. The first-order valence-electron chi connectivity index (χ1n) is 11.6. The van der Waals surface area contributed by atoms with E-state index in [4.69, 9.17) is 4.74 Å². The Bertz CT molecular complexity index is 1340. The highest BCUT2D eigenvalue weighted by Gasteiger charge is 2.24. The third-order valence-electron chi connectivity index (χ3n) is 6.19. The van der Waals surface area contributed by atoms with E-state index in [1.165, 1.54) is 16.9 Å². The van der Waals surface area contributed by atoms with Gasteiger partial charge in [0.25, 0.3) is 5.91 Å². The maximum atomic E-state index is 12.7. The Kier molecular flexibility index (Phi) is 6.50. The predicted octanol–water partition coefficient (Wildman–Crippen LogP) is 3.66. The summed E-state index contributed by atoms with van der Waals surface area (Å²) in [6, 6.07) is 15.9. The zero-order valence-corrected chi connectivity index (χ0v) is 20.6. The van der Waals surface area contributed by atoms with Crippen LogP contribution < -0.4 is 4.90 Å². The van der Waals surface area contributed by atoms with Gasteiger partial charge in [-0.15, -0.1) is 11.3 Å². The van der Waals surface area contributed by atoms with E-state index in [9.17, 15) is 9.59 Å². The Morgan fingerprint density at radius 1 is 1.03 bits per heavy atom. The molecule has 0 aliphatic carbocycles. The van der Waals surface area contributed by atoms with Gasteiger partial charge in [0.05, 0.1) is 12.2 Å². The molecule has 1 aliphatic heterocycles. The summed E-state index contributed by atoms with van der Waals surface area (Å²) in [4.78, 5) is 35.0. The molecular formula is C26H27N5O3S. The van der Waals surface area contributed by atoms with Crippen LogP contribution >= 0.6 is 11.3 Å². The van der Waals surface area contributed by atoms with Crippen LogP contribution in [0.2, 0.25) is 0 Å². The topological polar surface area (TPSA) is 80.6 Å². The molecule has 0 spiro atoms. The number of ether oxygens (including phenoxy) is 1. The molecule has 1 saturated heterocycles. The van der Waals surface area contributed by atoms with Gasteiger partial charge in [-0.05, 0) is 37.6 Å². The third-order valence-corrected chi connectivity index (χ3v) is 7.32. The summed E-state index contributed by atoms with van der Waals surface area (Å²) < 4.78 is 7.31. The van der Waals surface area contributed by atoms with Gasteiger partial charge >= 0.3 is 5.97 Å². The number of nitrogens with zero attached hydrogens (tertiary/aromatic N) is 5. The summed E-state index contributed by atoms with van der Waals surface area (Å²) >= 11 is 1.35. The molecule has 35 heavy (non-hydrogen) atoms. The van der Waals surface area contributed by atoms with Gasteiger partial charge in [-0.25, -0.2) is 9.78 Å². The summed E-state index contributed by atoms with van der Waals surface area (Å²) in [5.41, 5.74) is 3.22. The van der Waals surface area contributed by atoms with Gasteiger partial charge in [0.15, 0.2) is 6.61 Å². The number of fused-ring (bicyclic) bond motifs is 1. The lowest BCUT2D eigenvalue weighted by atomic mass is 10.1. The van der Waals surface area contributed by atoms with Crippen molar-refractivity contribution in [2.75, 3.05) is 37.7 Å². The van der Waals surface area contributed by atoms with Crippen LogP contribution in [-0.2, 0) is 16.1 Å².